The van der Waals surface area contributed by atoms with Crippen LogP contribution in [0.1, 0.15) is 18.4 Å². The fourth-order valence-electron chi connectivity index (χ4n) is 3.77. The van der Waals surface area contributed by atoms with Gasteiger partial charge in [-0.25, -0.2) is 9.18 Å². The van der Waals surface area contributed by atoms with Crippen molar-refractivity contribution in [3.05, 3.63) is 54.1 Å². The number of alkyl halides is 4. The van der Waals surface area contributed by atoms with E-state index < -0.39 is 12.1 Å². The zero-order valence-electron chi connectivity index (χ0n) is 18.9. The van der Waals surface area contributed by atoms with Crippen LogP contribution in [0, 0.1) is 18.7 Å². The Bertz CT molecular complexity index is 1200. The van der Waals surface area contributed by atoms with Crippen molar-refractivity contribution in [1.29, 1.82) is 0 Å². The summed E-state index contributed by atoms with van der Waals surface area (Å²) < 4.78 is 60.0. The van der Waals surface area contributed by atoms with Crippen molar-refractivity contribution in [2.24, 2.45) is 5.92 Å². The van der Waals surface area contributed by atoms with Gasteiger partial charge in [0.15, 0.2) is 0 Å². The zero-order chi connectivity index (χ0) is 25.8. The van der Waals surface area contributed by atoms with Crippen molar-refractivity contribution < 1.29 is 36.6 Å². The summed E-state index contributed by atoms with van der Waals surface area (Å²) in [4.78, 5) is 27.9. The Morgan fingerprint density at radius 2 is 1.77 bits per heavy atom. The molecule has 6 nitrogen and oxygen atoms in total. The van der Waals surface area contributed by atoms with Crippen molar-refractivity contribution in [2.45, 2.75) is 32.5 Å². The fourth-order valence-corrected chi connectivity index (χ4v) is 3.77. The third-order valence-electron chi connectivity index (χ3n) is 5.84. The molecule has 0 bridgehead atoms. The van der Waals surface area contributed by atoms with Gasteiger partial charge in [-0.1, -0.05) is 6.07 Å². The molecular formula is C24H24F5N3O3. The number of rotatable bonds is 4. The van der Waals surface area contributed by atoms with Crippen LogP contribution in [-0.2, 0) is 16.1 Å². The minimum absolute atomic E-state index is 0.0397. The maximum absolute atomic E-state index is 13.6. The van der Waals surface area contributed by atoms with Crippen molar-refractivity contribution in [3.63, 3.8) is 0 Å². The number of piperidine rings is 1. The van der Waals surface area contributed by atoms with Crippen LogP contribution < -0.4 is 0 Å². The van der Waals surface area contributed by atoms with Crippen LogP contribution >= 0.6 is 0 Å². The quantitative estimate of drug-likeness (QED) is 0.516. The molecule has 11 heteroatoms. The molecule has 0 radical (unpaired) electrons. The number of aliphatic carboxylic acids is 1. The van der Waals surface area contributed by atoms with Crippen LogP contribution in [-0.4, -0.2) is 57.4 Å². The minimum atomic E-state index is -5.08. The van der Waals surface area contributed by atoms with E-state index in [-0.39, 0.29) is 30.9 Å². The van der Waals surface area contributed by atoms with Crippen LogP contribution in [0.3, 0.4) is 0 Å². The molecule has 1 aliphatic heterocycles. The van der Waals surface area contributed by atoms with E-state index in [4.69, 9.17) is 9.90 Å². The van der Waals surface area contributed by atoms with Gasteiger partial charge in [-0.15, -0.1) is 0 Å². The van der Waals surface area contributed by atoms with Crippen LogP contribution in [0.5, 0.6) is 0 Å². The summed E-state index contributed by atoms with van der Waals surface area (Å²) in [6.07, 6.45) is 0.00105. The van der Waals surface area contributed by atoms with E-state index in [2.05, 4.69) is 4.98 Å². The number of aryl methyl sites for hydroxylation is 1. The van der Waals surface area contributed by atoms with E-state index in [0.717, 1.165) is 35.0 Å². The predicted molar refractivity (Wildman–Crippen MR) is 119 cm³/mol. The SMILES string of the molecule is Cc1cc(-c2cnc3ccn(CC(=O)N4CCC(CF)CC4)c3c2)ccc1F.O=C(O)C(F)(F)F. The molecule has 0 aliphatic carbocycles. The number of likely N-dealkylation sites (tertiary alicyclic amines) is 1. The number of pyridine rings is 1. The number of carboxylic acids is 1. The van der Waals surface area contributed by atoms with E-state index in [9.17, 15) is 26.7 Å². The molecule has 3 aromatic rings. The highest BCUT2D eigenvalue weighted by molar-refractivity contribution is 5.84. The number of amides is 1. The summed E-state index contributed by atoms with van der Waals surface area (Å²) in [5.41, 5.74) is 4.03. The second kappa shape index (κ2) is 10.8. The number of halogens is 5. The lowest BCUT2D eigenvalue weighted by Gasteiger charge is -2.31. The van der Waals surface area contributed by atoms with Gasteiger partial charge in [-0.3, -0.25) is 14.2 Å². The first-order chi connectivity index (χ1) is 16.5. The van der Waals surface area contributed by atoms with Gasteiger partial charge in [-0.2, -0.15) is 13.2 Å². The first-order valence-electron chi connectivity index (χ1n) is 10.8. The number of nitrogens with zero attached hydrogens (tertiary/aromatic N) is 3. The second-order valence-electron chi connectivity index (χ2n) is 8.32. The largest absolute Gasteiger partial charge is 0.490 e. The summed E-state index contributed by atoms with van der Waals surface area (Å²) in [6.45, 7) is 2.90. The van der Waals surface area contributed by atoms with Gasteiger partial charge in [-0.05, 0) is 61.1 Å². The monoisotopic (exact) mass is 497 g/mol. The molecule has 1 aromatic carbocycles. The molecule has 1 saturated heterocycles. The predicted octanol–water partition coefficient (Wildman–Crippen LogP) is 4.99. The third-order valence-corrected chi connectivity index (χ3v) is 5.84. The maximum Gasteiger partial charge on any atom is 0.490 e. The summed E-state index contributed by atoms with van der Waals surface area (Å²) >= 11 is 0. The Morgan fingerprint density at radius 3 is 2.34 bits per heavy atom. The minimum Gasteiger partial charge on any atom is -0.475 e. The second-order valence-corrected chi connectivity index (χ2v) is 8.32. The van der Waals surface area contributed by atoms with Crippen molar-refractivity contribution >= 4 is 22.9 Å². The number of hydrogen-bond acceptors (Lipinski definition) is 3. The highest BCUT2D eigenvalue weighted by atomic mass is 19.4. The van der Waals surface area contributed by atoms with Crippen molar-refractivity contribution in [2.75, 3.05) is 19.8 Å². The Kier molecular flexibility index (Phi) is 8.08. The Morgan fingerprint density at radius 1 is 1.11 bits per heavy atom. The van der Waals surface area contributed by atoms with Gasteiger partial charge in [0.25, 0.3) is 0 Å². The zero-order valence-corrected chi connectivity index (χ0v) is 18.9. The van der Waals surface area contributed by atoms with Crippen molar-refractivity contribution in [1.82, 2.24) is 14.5 Å². The fraction of sp³-hybridized carbons (Fsp3) is 0.375. The molecule has 35 heavy (non-hydrogen) atoms. The number of carboxylic acid groups (broad SMARTS) is 1. The summed E-state index contributed by atoms with van der Waals surface area (Å²) in [5, 5.41) is 7.12. The molecule has 1 aliphatic rings. The smallest absolute Gasteiger partial charge is 0.475 e. The highest BCUT2D eigenvalue weighted by Crippen LogP contribution is 2.25. The van der Waals surface area contributed by atoms with Gasteiger partial charge in [0.05, 0.1) is 17.7 Å². The molecule has 0 atom stereocenters. The number of carbonyl (C=O) groups is 2. The molecule has 1 N–H and O–H groups in total. The topological polar surface area (TPSA) is 75.4 Å². The number of aromatic nitrogens is 2. The molecule has 0 saturated carbocycles. The number of benzene rings is 1. The summed E-state index contributed by atoms with van der Waals surface area (Å²) in [7, 11) is 0. The lowest BCUT2D eigenvalue weighted by atomic mass is 9.98. The standard InChI is InChI=1S/C22H23F2N3O.C2HF3O2/c1-15-10-17(2-3-19(15)24)18-11-21-20(25-13-18)6-9-27(21)14-22(28)26-7-4-16(12-23)5-8-26;3-2(4,5)1(6)7/h2-3,6,9-11,13,16H,4-5,7-8,12,14H2,1H3;(H,6,7). The maximum atomic E-state index is 13.6. The molecule has 4 rings (SSSR count). The number of carbonyl (C=O) groups excluding carboxylic acids is 1. The molecule has 188 valence electrons. The lowest BCUT2D eigenvalue weighted by molar-refractivity contribution is -0.192. The summed E-state index contributed by atoms with van der Waals surface area (Å²) in [6, 6.07) is 8.86. The Hall–Kier alpha value is -3.50. The normalized spacial score (nSPS) is 14.5. The van der Waals surface area contributed by atoms with Gasteiger partial charge in [0.2, 0.25) is 5.91 Å². The molecule has 0 spiro atoms. The van der Waals surface area contributed by atoms with Gasteiger partial charge >= 0.3 is 12.1 Å². The van der Waals surface area contributed by atoms with E-state index >= 15 is 0 Å². The van der Waals surface area contributed by atoms with Crippen LogP contribution in [0.4, 0.5) is 22.0 Å². The Labute approximate surface area is 198 Å². The molecule has 2 aromatic heterocycles. The highest BCUT2D eigenvalue weighted by Gasteiger charge is 2.38. The molecule has 1 amide bonds. The van der Waals surface area contributed by atoms with Crippen LogP contribution in [0.2, 0.25) is 0 Å². The van der Waals surface area contributed by atoms with Gasteiger partial charge in [0.1, 0.15) is 12.4 Å². The number of hydrogen-bond donors (Lipinski definition) is 1. The van der Waals surface area contributed by atoms with Crippen LogP contribution in [0.15, 0.2) is 42.7 Å². The van der Waals surface area contributed by atoms with E-state index in [1.807, 2.05) is 27.8 Å². The average Bonchev–Trinajstić information content (AvgIpc) is 3.22. The van der Waals surface area contributed by atoms with E-state index in [0.29, 0.717) is 18.7 Å². The van der Waals surface area contributed by atoms with Gasteiger partial charge < -0.3 is 14.6 Å². The van der Waals surface area contributed by atoms with Crippen LogP contribution in [0.25, 0.3) is 22.2 Å². The molecule has 3 heterocycles. The number of fused-ring (bicyclic) bond motifs is 1. The average molecular weight is 497 g/mol. The van der Waals surface area contributed by atoms with E-state index in [1.165, 1.54) is 6.07 Å². The molecule has 0 unspecified atom stereocenters. The first-order valence-corrected chi connectivity index (χ1v) is 10.8. The molecule has 1 fully saturated rings. The van der Waals surface area contributed by atoms with Gasteiger partial charge in [0, 0.05) is 31.0 Å². The van der Waals surface area contributed by atoms with Crippen molar-refractivity contribution in [3.8, 4) is 11.1 Å². The lowest BCUT2D eigenvalue weighted by Crippen LogP contribution is -2.40. The Balaban J connectivity index is 0.000000429. The first kappa shape index (κ1) is 26.1. The third kappa shape index (κ3) is 6.55. The summed E-state index contributed by atoms with van der Waals surface area (Å²) in [5.74, 6) is -2.86. The van der Waals surface area contributed by atoms with E-state index in [1.54, 1.807) is 25.3 Å². The molecular weight excluding hydrogens is 473 g/mol.